The first-order valence-electron chi connectivity index (χ1n) is 10.5. The van der Waals surface area contributed by atoms with Crippen LogP contribution in [0.2, 0.25) is 0 Å². The lowest BCUT2D eigenvalue weighted by atomic mass is 9.96. The Morgan fingerprint density at radius 1 is 1.03 bits per heavy atom. The predicted molar refractivity (Wildman–Crippen MR) is 113 cm³/mol. The van der Waals surface area contributed by atoms with Gasteiger partial charge in [0, 0.05) is 44.1 Å². The van der Waals surface area contributed by atoms with E-state index in [0.29, 0.717) is 48.9 Å². The minimum Gasteiger partial charge on any atom is -0.507 e. The van der Waals surface area contributed by atoms with Crippen LogP contribution in [0.5, 0.6) is 11.5 Å². The van der Waals surface area contributed by atoms with Gasteiger partial charge in [-0.15, -0.1) is 0 Å². The zero-order valence-electron chi connectivity index (χ0n) is 17.4. The summed E-state index contributed by atoms with van der Waals surface area (Å²) in [6.07, 6.45) is 3.22. The average Bonchev–Trinajstić information content (AvgIpc) is 3.40. The highest BCUT2D eigenvalue weighted by molar-refractivity contribution is 6.46. The van der Waals surface area contributed by atoms with Crippen molar-refractivity contribution in [3.05, 3.63) is 59.4 Å². The number of carbonyl (C=O) groups is 2. The van der Waals surface area contributed by atoms with Crippen LogP contribution in [-0.4, -0.2) is 77.8 Å². The summed E-state index contributed by atoms with van der Waals surface area (Å²) in [5.74, 6) is -0.516. The number of amides is 1. The van der Waals surface area contributed by atoms with Crippen LogP contribution in [0.15, 0.2) is 48.3 Å². The highest BCUT2D eigenvalue weighted by Gasteiger charge is 2.46. The van der Waals surface area contributed by atoms with Gasteiger partial charge < -0.3 is 24.2 Å². The van der Waals surface area contributed by atoms with Gasteiger partial charge in [-0.1, -0.05) is 0 Å². The lowest BCUT2D eigenvalue weighted by molar-refractivity contribution is -0.140. The van der Waals surface area contributed by atoms with Gasteiger partial charge in [0.2, 0.25) is 6.79 Å². The molecule has 1 N–H and O–H groups in total. The topological polar surface area (TPSA) is 101 Å². The number of nitrogens with zero attached hydrogens (tertiary/aromatic N) is 3. The van der Waals surface area contributed by atoms with Gasteiger partial charge in [-0.05, 0) is 35.9 Å². The van der Waals surface area contributed by atoms with Gasteiger partial charge in [0.05, 0.1) is 24.8 Å². The van der Waals surface area contributed by atoms with Crippen molar-refractivity contribution in [3.63, 3.8) is 0 Å². The number of rotatable bonds is 5. The van der Waals surface area contributed by atoms with Gasteiger partial charge in [0.15, 0.2) is 11.5 Å². The number of aromatic nitrogens is 1. The fraction of sp³-hybridized carbons (Fsp3) is 0.348. The van der Waals surface area contributed by atoms with E-state index in [1.54, 1.807) is 42.7 Å². The molecule has 0 radical (unpaired) electrons. The number of aliphatic hydroxyl groups is 1. The van der Waals surface area contributed by atoms with Gasteiger partial charge in [-0.25, -0.2) is 0 Å². The Kier molecular flexibility index (Phi) is 5.50. The van der Waals surface area contributed by atoms with Crippen molar-refractivity contribution in [1.29, 1.82) is 0 Å². The zero-order chi connectivity index (χ0) is 22.1. The molecule has 9 heteroatoms. The van der Waals surface area contributed by atoms with Crippen molar-refractivity contribution in [3.8, 4) is 11.5 Å². The van der Waals surface area contributed by atoms with Crippen LogP contribution >= 0.6 is 0 Å². The molecule has 1 atom stereocenters. The number of benzene rings is 1. The van der Waals surface area contributed by atoms with Crippen molar-refractivity contribution in [2.24, 2.45) is 0 Å². The number of aliphatic hydroxyl groups excluding tert-OH is 1. The number of pyridine rings is 1. The fourth-order valence-electron chi connectivity index (χ4n) is 4.28. The summed E-state index contributed by atoms with van der Waals surface area (Å²) < 4.78 is 16.1. The Bertz CT molecular complexity index is 1060. The van der Waals surface area contributed by atoms with E-state index < -0.39 is 17.7 Å². The number of hydrogen-bond acceptors (Lipinski definition) is 8. The maximum atomic E-state index is 13.1. The second kappa shape index (κ2) is 8.60. The standard InChI is InChI=1S/C23H23N3O6/c27-21(16-1-2-17-18(13-16)32-14-31-17)19-20(15-3-5-24-6-4-15)26(23(29)22(19)28)8-7-25-9-11-30-12-10-25/h1-6,13,20,27H,7-12,14H2/b21-19+. The Hall–Kier alpha value is -3.43. The van der Waals surface area contributed by atoms with Gasteiger partial charge in [-0.3, -0.25) is 19.5 Å². The molecule has 0 bridgehead atoms. The highest BCUT2D eigenvalue weighted by Crippen LogP contribution is 2.41. The molecule has 5 rings (SSSR count). The van der Waals surface area contributed by atoms with E-state index >= 15 is 0 Å². The molecule has 3 aliphatic heterocycles. The largest absolute Gasteiger partial charge is 0.507 e. The average molecular weight is 437 g/mol. The van der Waals surface area contributed by atoms with Crippen molar-refractivity contribution in [2.75, 3.05) is 46.2 Å². The molecule has 4 heterocycles. The van der Waals surface area contributed by atoms with Gasteiger partial charge in [0.1, 0.15) is 5.76 Å². The molecular formula is C23H23N3O6. The predicted octanol–water partition coefficient (Wildman–Crippen LogP) is 1.56. The summed E-state index contributed by atoms with van der Waals surface area (Å²) in [7, 11) is 0. The van der Waals surface area contributed by atoms with Gasteiger partial charge in [0.25, 0.3) is 11.7 Å². The second-order valence-electron chi connectivity index (χ2n) is 7.80. The van der Waals surface area contributed by atoms with E-state index in [2.05, 4.69) is 9.88 Å². The Morgan fingerprint density at radius 3 is 2.56 bits per heavy atom. The summed E-state index contributed by atoms with van der Waals surface area (Å²) in [6.45, 7) is 3.93. The Labute approximate surface area is 184 Å². The fourth-order valence-corrected chi connectivity index (χ4v) is 4.28. The second-order valence-corrected chi connectivity index (χ2v) is 7.80. The molecular weight excluding hydrogens is 414 g/mol. The van der Waals surface area contributed by atoms with E-state index in [4.69, 9.17) is 14.2 Å². The molecule has 2 fully saturated rings. The first-order valence-corrected chi connectivity index (χ1v) is 10.5. The maximum absolute atomic E-state index is 13.1. The number of morpholine rings is 1. The van der Waals surface area contributed by atoms with E-state index in [0.717, 1.165) is 13.1 Å². The molecule has 3 aliphatic rings. The van der Waals surface area contributed by atoms with Crippen LogP contribution in [-0.2, 0) is 14.3 Å². The van der Waals surface area contributed by atoms with Crippen LogP contribution in [0.25, 0.3) is 5.76 Å². The van der Waals surface area contributed by atoms with Gasteiger partial charge in [-0.2, -0.15) is 0 Å². The molecule has 1 unspecified atom stereocenters. The lowest BCUT2D eigenvalue weighted by Gasteiger charge is -2.30. The third-order valence-corrected chi connectivity index (χ3v) is 5.97. The van der Waals surface area contributed by atoms with Crippen LogP contribution < -0.4 is 9.47 Å². The summed E-state index contributed by atoms with van der Waals surface area (Å²) in [5.41, 5.74) is 1.16. The van der Waals surface area contributed by atoms with E-state index in [1.807, 2.05) is 0 Å². The molecule has 1 aromatic carbocycles. The van der Waals surface area contributed by atoms with Crippen molar-refractivity contribution < 1.29 is 28.9 Å². The minimum absolute atomic E-state index is 0.0574. The van der Waals surface area contributed by atoms with Gasteiger partial charge >= 0.3 is 0 Å². The summed E-state index contributed by atoms with van der Waals surface area (Å²) >= 11 is 0. The molecule has 9 nitrogen and oxygen atoms in total. The summed E-state index contributed by atoms with van der Waals surface area (Å²) in [5, 5.41) is 11.1. The van der Waals surface area contributed by atoms with Crippen LogP contribution in [0.1, 0.15) is 17.2 Å². The zero-order valence-corrected chi connectivity index (χ0v) is 17.4. The van der Waals surface area contributed by atoms with Crippen molar-refractivity contribution in [1.82, 2.24) is 14.8 Å². The number of ether oxygens (including phenoxy) is 3. The molecule has 2 saturated heterocycles. The molecule has 166 valence electrons. The number of fused-ring (bicyclic) bond motifs is 1. The monoisotopic (exact) mass is 437 g/mol. The quantitative estimate of drug-likeness (QED) is 0.427. The molecule has 2 aromatic rings. The molecule has 0 aliphatic carbocycles. The van der Waals surface area contributed by atoms with E-state index in [1.165, 1.54) is 4.90 Å². The lowest BCUT2D eigenvalue weighted by Crippen LogP contribution is -2.42. The summed E-state index contributed by atoms with van der Waals surface area (Å²) in [4.78, 5) is 33.9. The van der Waals surface area contributed by atoms with E-state index in [9.17, 15) is 14.7 Å². The summed E-state index contributed by atoms with van der Waals surface area (Å²) in [6, 6.07) is 7.74. The SMILES string of the molecule is O=C1C(=O)N(CCN2CCOCC2)C(c2ccncc2)/C1=C(\O)c1ccc2c(c1)OCO2. The highest BCUT2D eigenvalue weighted by atomic mass is 16.7. The number of hydrogen-bond donors (Lipinski definition) is 1. The molecule has 32 heavy (non-hydrogen) atoms. The van der Waals surface area contributed by atoms with Crippen LogP contribution in [0.3, 0.4) is 0 Å². The van der Waals surface area contributed by atoms with Crippen molar-refractivity contribution >= 4 is 17.4 Å². The van der Waals surface area contributed by atoms with E-state index in [-0.39, 0.29) is 18.1 Å². The Morgan fingerprint density at radius 2 is 1.78 bits per heavy atom. The molecule has 0 spiro atoms. The first kappa shape index (κ1) is 20.5. The first-order chi connectivity index (χ1) is 15.6. The smallest absolute Gasteiger partial charge is 0.295 e. The van der Waals surface area contributed by atoms with Crippen molar-refractivity contribution in [2.45, 2.75) is 6.04 Å². The number of Topliss-reactive ketones (excluding diaryl/α,β-unsaturated/α-hetero) is 1. The number of likely N-dealkylation sites (tertiary alicyclic amines) is 1. The third kappa shape index (κ3) is 3.69. The molecule has 1 amide bonds. The van der Waals surface area contributed by atoms with Crippen LogP contribution in [0, 0.1) is 0 Å². The molecule has 1 aromatic heterocycles. The normalized spacial score (nSPS) is 22.5. The minimum atomic E-state index is -0.705. The van der Waals surface area contributed by atoms with Crippen LogP contribution in [0.4, 0.5) is 0 Å². The molecule has 0 saturated carbocycles. The third-order valence-electron chi connectivity index (χ3n) is 5.97. The Balaban J connectivity index is 1.52. The number of ketones is 1. The number of carbonyl (C=O) groups excluding carboxylic acids is 2. The maximum Gasteiger partial charge on any atom is 0.295 e.